The first kappa shape index (κ1) is 18.9. The number of halogens is 2. The molecular formula is C19H15Cl2N3O3. The number of carbonyl (C=O) groups excluding carboxylic acids is 1. The minimum atomic E-state index is -0.317. The van der Waals surface area contributed by atoms with E-state index in [0.717, 1.165) is 5.56 Å². The maximum atomic E-state index is 12.0. The molecule has 0 atom stereocenters. The first-order valence-corrected chi connectivity index (χ1v) is 8.69. The highest BCUT2D eigenvalue weighted by molar-refractivity contribution is 6.35. The Morgan fingerprint density at radius 3 is 2.89 bits per heavy atom. The number of hydrogen-bond acceptors (Lipinski definition) is 5. The van der Waals surface area contributed by atoms with Crippen molar-refractivity contribution in [3.8, 4) is 17.1 Å². The quantitative estimate of drug-likeness (QED) is 0.617. The second kappa shape index (κ2) is 8.70. The lowest BCUT2D eigenvalue weighted by Crippen LogP contribution is -2.20. The number of carbonyl (C=O) groups is 1. The van der Waals surface area contributed by atoms with Crippen molar-refractivity contribution >= 4 is 35.2 Å². The molecule has 6 nitrogen and oxygen atoms in total. The summed E-state index contributed by atoms with van der Waals surface area (Å²) in [6, 6.07) is 12.3. The van der Waals surface area contributed by atoms with Crippen LogP contribution in [0.2, 0.25) is 10.0 Å². The van der Waals surface area contributed by atoms with Crippen LogP contribution in [0.4, 0.5) is 0 Å². The fourth-order valence-corrected chi connectivity index (χ4v) is 2.70. The van der Waals surface area contributed by atoms with Gasteiger partial charge in [0.1, 0.15) is 5.75 Å². The van der Waals surface area contributed by atoms with Crippen LogP contribution in [0.1, 0.15) is 11.5 Å². The highest BCUT2D eigenvalue weighted by atomic mass is 35.5. The average molecular weight is 404 g/mol. The van der Waals surface area contributed by atoms with E-state index in [1.54, 1.807) is 37.5 Å². The molecule has 3 aromatic rings. The van der Waals surface area contributed by atoms with Gasteiger partial charge in [0, 0.05) is 21.7 Å². The van der Waals surface area contributed by atoms with Crippen molar-refractivity contribution in [2.45, 2.75) is 6.54 Å². The van der Waals surface area contributed by atoms with E-state index in [0.29, 0.717) is 33.1 Å². The van der Waals surface area contributed by atoms with E-state index in [1.807, 2.05) is 18.2 Å². The molecule has 8 heteroatoms. The number of methoxy groups -OCH3 is 1. The zero-order valence-corrected chi connectivity index (χ0v) is 15.8. The molecule has 0 saturated heterocycles. The van der Waals surface area contributed by atoms with Crippen LogP contribution in [0.25, 0.3) is 17.5 Å². The summed E-state index contributed by atoms with van der Waals surface area (Å²) in [5.41, 5.74) is 1.45. The van der Waals surface area contributed by atoms with Crippen LogP contribution in [0.3, 0.4) is 0 Å². The molecular weight excluding hydrogens is 389 g/mol. The second-order valence-electron chi connectivity index (χ2n) is 5.46. The molecule has 2 aromatic carbocycles. The highest BCUT2D eigenvalue weighted by Crippen LogP contribution is 2.22. The smallest absolute Gasteiger partial charge is 0.246 e. The second-order valence-corrected chi connectivity index (χ2v) is 6.30. The molecule has 27 heavy (non-hydrogen) atoms. The van der Waals surface area contributed by atoms with Crippen molar-refractivity contribution in [2.75, 3.05) is 7.11 Å². The summed E-state index contributed by atoms with van der Waals surface area (Å²) in [4.78, 5) is 16.2. The third kappa shape index (κ3) is 5.09. The van der Waals surface area contributed by atoms with E-state index in [4.69, 9.17) is 32.5 Å². The summed E-state index contributed by atoms with van der Waals surface area (Å²) in [7, 11) is 1.58. The molecule has 1 aromatic heterocycles. The summed E-state index contributed by atoms with van der Waals surface area (Å²) in [5.74, 6) is 1.08. The summed E-state index contributed by atoms with van der Waals surface area (Å²) >= 11 is 11.9. The molecule has 3 rings (SSSR count). The third-order valence-corrected chi connectivity index (χ3v) is 4.15. The lowest BCUT2D eigenvalue weighted by Gasteiger charge is -2.00. The number of amides is 1. The normalized spacial score (nSPS) is 10.9. The number of benzene rings is 2. The van der Waals surface area contributed by atoms with E-state index < -0.39 is 0 Å². The molecule has 1 N–H and O–H groups in total. The van der Waals surface area contributed by atoms with Gasteiger partial charge < -0.3 is 14.6 Å². The minimum Gasteiger partial charge on any atom is -0.497 e. The minimum absolute atomic E-state index is 0.106. The Hall–Kier alpha value is -2.83. The van der Waals surface area contributed by atoms with Gasteiger partial charge in [-0.1, -0.05) is 46.6 Å². The Bertz CT molecular complexity index is 986. The first-order chi connectivity index (χ1) is 13.0. The van der Waals surface area contributed by atoms with Crippen molar-refractivity contribution in [1.29, 1.82) is 0 Å². The summed E-state index contributed by atoms with van der Waals surface area (Å²) in [6.07, 6.45) is 2.97. The standard InChI is InChI=1S/C19H15Cl2N3O3/c1-26-15-4-2-3-13(9-15)19-23-18(27-24-19)11-22-17(25)8-6-12-5-7-14(20)10-16(12)21/h2-10H,11H2,1H3,(H,22,25)/b8-6+. The van der Waals surface area contributed by atoms with Gasteiger partial charge in [-0.25, -0.2) is 0 Å². The van der Waals surface area contributed by atoms with Crippen LogP contribution in [-0.2, 0) is 11.3 Å². The zero-order chi connectivity index (χ0) is 19.2. The SMILES string of the molecule is COc1cccc(-c2noc(CNC(=O)/C=C/c3ccc(Cl)cc3Cl)n2)c1. The molecule has 0 bridgehead atoms. The maximum absolute atomic E-state index is 12.0. The van der Waals surface area contributed by atoms with Crippen molar-refractivity contribution in [2.24, 2.45) is 0 Å². The fraction of sp³-hybridized carbons (Fsp3) is 0.105. The van der Waals surface area contributed by atoms with Crippen LogP contribution in [0, 0.1) is 0 Å². The van der Waals surface area contributed by atoms with Gasteiger partial charge in [0.2, 0.25) is 17.6 Å². The molecule has 0 spiro atoms. The van der Waals surface area contributed by atoms with Crippen LogP contribution in [-0.4, -0.2) is 23.2 Å². The molecule has 0 aliphatic carbocycles. The van der Waals surface area contributed by atoms with Gasteiger partial charge in [0.15, 0.2) is 0 Å². The lowest BCUT2D eigenvalue weighted by molar-refractivity contribution is -0.116. The van der Waals surface area contributed by atoms with Gasteiger partial charge in [-0.2, -0.15) is 4.98 Å². The fourth-order valence-electron chi connectivity index (χ4n) is 2.23. The summed E-state index contributed by atoms with van der Waals surface area (Å²) in [5, 5.41) is 7.58. The Morgan fingerprint density at radius 2 is 2.11 bits per heavy atom. The van der Waals surface area contributed by atoms with Gasteiger partial charge in [0.05, 0.1) is 13.7 Å². The predicted molar refractivity (Wildman–Crippen MR) is 104 cm³/mol. The molecule has 0 aliphatic rings. The molecule has 1 heterocycles. The van der Waals surface area contributed by atoms with Crippen molar-refractivity contribution < 1.29 is 14.1 Å². The van der Waals surface area contributed by atoms with Crippen LogP contribution < -0.4 is 10.1 Å². The Kier molecular flexibility index (Phi) is 6.11. The van der Waals surface area contributed by atoms with Crippen LogP contribution in [0.15, 0.2) is 53.1 Å². The predicted octanol–water partition coefficient (Wildman–Crippen LogP) is 4.38. The number of ether oxygens (including phenoxy) is 1. The van der Waals surface area contributed by atoms with Crippen molar-refractivity contribution in [1.82, 2.24) is 15.5 Å². The number of nitrogens with zero attached hydrogens (tertiary/aromatic N) is 2. The van der Waals surface area contributed by atoms with E-state index in [-0.39, 0.29) is 12.5 Å². The summed E-state index contributed by atoms with van der Waals surface area (Å²) in [6.45, 7) is 0.106. The van der Waals surface area contributed by atoms with E-state index in [9.17, 15) is 4.79 Å². The molecule has 0 fully saturated rings. The van der Waals surface area contributed by atoms with Crippen molar-refractivity contribution in [3.05, 3.63) is 70.0 Å². The van der Waals surface area contributed by atoms with E-state index >= 15 is 0 Å². The van der Waals surface area contributed by atoms with E-state index in [2.05, 4.69) is 15.5 Å². The van der Waals surface area contributed by atoms with Gasteiger partial charge in [-0.15, -0.1) is 0 Å². The highest BCUT2D eigenvalue weighted by Gasteiger charge is 2.10. The van der Waals surface area contributed by atoms with Gasteiger partial charge in [-0.05, 0) is 35.9 Å². The molecule has 138 valence electrons. The van der Waals surface area contributed by atoms with E-state index in [1.165, 1.54) is 6.08 Å². The van der Waals surface area contributed by atoms with Crippen LogP contribution in [0.5, 0.6) is 5.75 Å². The topological polar surface area (TPSA) is 77.3 Å². The largest absolute Gasteiger partial charge is 0.497 e. The molecule has 0 radical (unpaired) electrons. The molecule has 0 unspecified atom stereocenters. The number of hydrogen-bond donors (Lipinski definition) is 1. The molecule has 0 saturated carbocycles. The van der Waals surface area contributed by atoms with Gasteiger partial charge in [-0.3, -0.25) is 4.79 Å². The monoisotopic (exact) mass is 403 g/mol. The Balaban J connectivity index is 1.59. The molecule has 1 amide bonds. The van der Waals surface area contributed by atoms with Gasteiger partial charge in [0.25, 0.3) is 0 Å². The number of aromatic nitrogens is 2. The number of nitrogens with one attached hydrogen (secondary N) is 1. The lowest BCUT2D eigenvalue weighted by atomic mass is 10.2. The summed E-state index contributed by atoms with van der Waals surface area (Å²) < 4.78 is 10.3. The molecule has 0 aliphatic heterocycles. The Morgan fingerprint density at radius 1 is 1.26 bits per heavy atom. The number of rotatable bonds is 6. The third-order valence-electron chi connectivity index (χ3n) is 3.59. The zero-order valence-electron chi connectivity index (χ0n) is 14.3. The average Bonchev–Trinajstić information content (AvgIpc) is 3.15. The van der Waals surface area contributed by atoms with Crippen molar-refractivity contribution in [3.63, 3.8) is 0 Å². The maximum Gasteiger partial charge on any atom is 0.246 e. The Labute approximate surface area is 165 Å². The van der Waals surface area contributed by atoms with Crippen LogP contribution >= 0.6 is 23.2 Å². The van der Waals surface area contributed by atoms with Gasteiger partial charge >= 0.3 is 0 Å². The first-order valence-electron chi connectivity index (χ1n) is 7.93.